The van der Waals surface area contributed by atoms with Crippen molar-refractivity contribution in [3.05, 3.63) is 36.9 Å². The third kappa shape index (κ3) is 5.70. The fourth-order valence-corrected chi connectivity index (χ4v) is 3.20. The first-order valence-electron chi connectivity index (χ1n) is 9.62. The van der Waals surface area contributed by atoms with E-state index in [9.17, 15) is 4.79 Å². The van der Waals surface area contributed by atoms with E-state index < -0.39 is 0 Å². The minimum Gasteiger partial charge on any atom is -0.494 e. The van der Waals surface area contributed by atoms with Crippen LogP contribution in [0.2, 0.25) is 0 Å². The van der Waals surface area contributed by atoms with Gasteiger partial charge in [0, 0.05) is 18.3 Å². The van der Waals surface area contributed by atoms with Gasteiger partial charge in [0.1, 0.15) is 23.3 Å². The van der Waals surface area contributed by atoms with E-state index in [2.05, 4.69) is 30.4 Å². The maximum Gasteiger partial charge on any atom is 0.247 e. The molecule has 1 aliphatic heterocycles. The highest BCUT2D eigenvalue weighted by molar-refractivity contribution is 6.02. The van der Waals surface area contributed by atoms with Crippen molar-refractivity contribution in [2.24, 2.45) is 4.99 Å². The summed E-state index contributed by atoms with van der Waals surface area (Å²) in [5.41, 5.74) is 2.94. The lowest BCUT2D eigenvalue weighted by Gasteiger charge is -2.30. The van der Waals surface area contributed by atoms with Crippen molar-refractivity contribution in [3.63, 3.8) is 0 Å². The van der Waals surface area contributed by atoms with Gasteiger partial charge in [0.15, 0.2) is 0 Å². The van der Waals surface area contributed by atoms with Gasteiger partial charge in [0.2, 0.25) is 5.91 Å². The number of rotatable bonds is 8. The topological polar surface area (TPSA) is 63.2 Å². The van der Waals surface area contributed by atoms with Crippen LogP contribution in [0, 0.1) is 0 Å². The number of aliphatic imine (C=N–C) groups is 1. The number of nitrogens with zero attached hydrogens (tertiary/aromatic N) is 2. The average Bonchev–Trinajstić information content (AvgIpc) is 2.67. The molecular formula is C22H31N3O3. The SMILES string of the molecule is C=CC(=O)Nc1cc(N=C(CC)C(=C)C)c(OC)cc1OC1CCCN(C)C1. The van der Waals surface area contributed by atoms with Gasteiger partial charge < -0.3 is 19.7 Å². The first kappa shape index (κ1) is 21.7. The van der Waals surface area contributed by atoms with Crippen LogP contribution in [-0.4, -0.2) is 49.9 Å². The average molecular weight is 386 g/mol. The van der Waals surface area contributed by atoms with E-state index in [-0.39, 0.29) is 12.0 Å². The molecule has 1 unspecified atom stereocenters. The number of benzene rings is 1. The lowest BCUT2D eigenvalue weighted by atomic mass is 10.1. The number of carbonyl (C=O) groups is 1. The number of hydrogen-bond acceptors (Lipinski definition) is 5. The maximum atomic E-state index is 12.0. The Morgan fingerprint density at radius 3 is 2.75 bits per heavy atom. The van der Waals surface area contributed by atoms with Crippen LogP contribution in [0.25, 0.3) is 0 Å². The second-order valence-electron chi connectivity index (χ2n) is 7.05. The number of methoxy groups -OCH3 is 1. The van der Waals surface area contributed by atoms with Crippen molar-refractivity contribution in [3.8, 4) is 11.5 Å². The summed E-state index contributed by atoms with van der Waals surface area (Å²) in [6, 6.07) is 3.57. The van der Waals surface area contributed by atoms with Crippen LogP contribution in [0.15, 0.2) is 41.9 Å². The molecule has 0 aliphatic carbocycles. The molecule has 1 N–H and O–H groups in total. The summed E-state index contributed by atoms with van der Waals surface area (Å²) in [4.78, 5) is 18.9. The van der Waals surface area contributed by atoms with E-state index in [1.807, 2.05) is 13.8 Å². The highest BCUT2D eigenvalue weighted by atomic mass is 16.5. The fraction of sp³-hybridized carbons (Fsp3) is 0.455. The van der Waals surface area contributed by atoms with Crippen molar-refractivity contribution in [1.29, 1.82) is 0 Å². The Labute approximate surface area is 167 Å². The van der Waals surface area contributed by atoms with E-state index in [1.54, 1.807) is 19.2 Å². The monoisotopic (exact) mass is 385 g/mol. The molecule has 1 heterocycles. The Morgan fingerprint density at radius 2 is 2.18 bits per heavy atom. The summed E-state index contributed by atoms with van der Waals surface area (Å²) < 4.78 is 11.8. The van der Waals surface area contributed by atoms with Crippen LogP contribution in [0.1, 0.15) is 33.1 Å². The highest BCUT2D eigenvalue weighted by Crippen LogP contribution is 2.39. The molecule has 0 bridgehead atoms. The maximum absolute atomic E-state index is 12.0. The van der Waals surface area contributed by atoms with Crippen LogP contribution in [-0.2, 0) is 4.79 Å². The van der Waals surface area contributed by atoms with E-state index in [0.29, 0.717) is 22.9 Å². The molecule has 0 spiro atoms. The third-order valence-corrected chi connectivity index (χ3v) is 4.68. The molecule has 1 aliphatic rings. The van der Waals surface area contributed by atoms with Crippen LogP contribution in [0.4, 0.5) is 11.4 Å². The molecule has 1 atom stereocenters. The van der Waals surface area contributed by atoms with Crippen LogP contribution in [0.5, 0.6) is 11.5 Å². The van der Waals surface area contributed by atoms with Gasteiger partial charge >= 0.3 is 0 Å². The first-order valence-corrected chi connectivity index (χ1v) is 9.62. The smallest absolute Gasteiger partial charge is 0.247 e. The Hall–Kier alpha value is -2.60. The zero-order valence-electron chi connectivity index (χ0n) is 17.4. The normalized spacial score (nSPS) is 17.7. The molecule has 28 heavy (non-hydrogen) atoms. The molecule has 0 saturated carbocycles. The molecule has 0 radical (unpaired) electrons. The summed E-state index contributed by atoms with van der Waals surface area (Å²) in [6.45, 7) is 13.4. The molecule has 1 amide bonds. The first-order chi connectivity index (χ1) is 13.4. The number of hydrogen-bond donors (Lipinski definition) is 1. The second kappa shape index (κ2) is 10.1. The van der Waals surface area contributed by atoms with Crippen molar-refractivity contribution in [2.45, 2.75) is 39.2 Å². The van der Waals surface area contributed by atoms with Crippen LogP contribution < -0.4 is 14.8 Å². The van der Waals surface area contributed by atoms with Crippen molar-refractivity contribution in [1.82, 2.24) is 4.90 Å². The minimum absolute atomic E-state index is 0.0545. The number of likely N-dealkylation sites (N-methyl/N-ethyl adjacent to an activating group) is 1. The van der Waals surface area contributed by atoms with Crippen molar-refractivity contribution < 1.29 is 14.3 Å². The highest BCUT2D eigenvalue weighted by Gasteiger charge is 2.21. The van der Waals surface area contributed by atoms with Crippen molar-refractivity contribution >= 4 is 23.0 Å². The Balaban J connectivity index is 2.46. The predicted molar refractivity (Wildman–Crippen MR) is 115 cm³/mol. The number of piperidine rings is 1. The zero-order valence-corrected chi connectivity index (χ0v) is 17.4. The molecule has 6 heteroatoms. The molecular weight excluding hydrogens is 354 g/mol. The quantitative estimate of drug-likeness (QED) is 0.534. The lowest BCUT2D eigenvalue weighted by molar-refractivity contribution is -0.111. The lowest BCUT2D eigenvalue weighted by Crippen LogP contribution is -2.38. The summed E-state index contributed by atoms with van der Waals surface area (Å²) in [5, 5.41) is 2.83. The summed E-state index contributed by atoms with van der Waals surface area (Å²) in [7, 11) is 3.68. The molecule has 1 aromatic carbocycles. The van der Waals surface area contributed by atoms with E-state index >= 15 is 0 Å². The van der Waals surface area contributed by atoms with E-state index in [4.69, 9.17) is 14.5 Å². The van der Waals surface area contributed by atoms with Crippen LogP contribution >= 0.6 is 0 Å². The molecule has 1 aromatic rings. The summed E-state index contributed by atoms with van der Waals surface area (Å²) in [5.74, 6) is 0.851. The van der Waals surface area contributed by atoms with E-state index in [0.717, 1.165) is 43.6 Å². The van der Waals surface area contributed by atoms with Gasteiger partial charge in [-0.15, -0.1) is 0 Å². The van der Waals surface area contributed by atoms with Gasteiger partial charge in [-0.25, -0.2) is 4.99 Å². The minimum atomic E-state index is -0.304. The van der Waals surface area contributed by atoms with Crippen LogP contribution in [0.3, 0.4) is 0 Å². The molecule has 0 aromatic heterocycles. The molecule has 1 saturated heterocycles. The molecule has 1 fully saturated rings. The summed E-state index contributed by atoms with van der Waals surface area (Å²) in [6.07, 6.45) is 4.08. The van der Waals surface area contributed by atoms with E-state index in [1.165, 1.54) is 6.08 Å². The standard InChI is InChI=1S/C22H31N3O3/c1-7-17(15(3)4)23-18-12-19(24-22(26)8-2)21(13-20(18)27-6)28-16-10-9-11-25(5)14-16/h8,12-13,16H,2-3,7,9-11,14H2,1,4-6H3,(H,24,26). The Bertz CT molecular complexity index is 771. The summed E-state index contributed by atoms with van der Waals surface area (Å²) >= 11 is 0. The third-order valence-electron chi connectivity index (χ3n) is 4.68. The number of anilines is 1. The zero-order chi connectivity index (χ0) is 20.7. The van der Waals surface area contributed by atoms with Gasteiger partial charge in [-0.2, -0.15) is 0 Å². The largest absolute Gasteiger partial charge is 0.494 e. The molecule has 6 nitrogen and oxygen atoms in total. The number of carbonyl (C=O) groups excluding carboxylic acids is 1. The number of allylic oxidation sites excluding steroid dienone is 1. The van der Waals surface area contributed by atoms with Crippen molar-refractivity contribution in [2.75, 3.05) is 32.6 Å². The number of nitrogens with one attached hydrogen (secondary N) is 1. The fourth-order valence-electron chi connectivity index (χ4n) is 3.20. The number of ether oxygens (including phenoxy) is 2. The molecule has 152 valence electrons. The molecule has 2 rings (SSSR count). The Morgan fingerprint density at radius 1 is 1.43 bits per heavy atom. The Kier molecular flexibility index (Phi) is 7.81. The van der Waals surface area contributed by atoms with Gasteiger partial charge in [0.25, 0.3) is 0 Å². The predicted octanol–water partition coefficient (Wildman–Crippen LogP) is 4.35. The second-order valence-corrected chi connectivity index (χ2v) is 7.05. The van der Waals surface area contributed by atoms with Gasteiger partial charge in [0.05, 0.1) is 12.8 Å². The van der Waals surface area contributed by atoms with Gasteiger partial charge in [-0.1, -0.05) is 20.1 Å². The van der Waals surface area contributed by atoms with Gasteiger partial charge in [-0.05, 0) is 57.5 Å². The van der Waals surface area contributed by atoms with Gasteiger partial charge in [-0.3, -0.25) is 4.79 Å². The number of amides is 1. The number of likely N-dealkylation sites (tertiary alicyclic amines) is 1.